The first kappa shape index (κ1) is 12.9. The minimum Gasteiger partial charge on any atom is -0.497 e. The molecule has 1 amide bonds. The first-order valence-corrected chi connectivity index (χ1v) is 6.30. The maximum atomic E-state index is 12.3. The van der Waals surface area contributed by atoms with Gasteiger partial charge in [-0.1, -0.05) is 6.92 Å². The molecule has 1 heterocycles. The van der Waals surface area contributed by atoms with E-state index < -0.39 is 0 Å². The Balaban J connectivity index is 2.06. The van der Waals surface area contributed by atoms with Crippen LogP contribution in [0.5, 0.6) is 5.75 Å². The van der Waals surface area contributed by atoms with Crippen LogP contribution in [0.25, 0.3) is 0 Å². The van der Waals surface area contributed by atoms with Crippen LogP contribution in [0.1, 0.15) is 23.7 Å². The predicted octanol–water partition coefficient (Wildman–Crippen LogP) is 1.50. The van der Waals surface area contributed by atoms with Gasteiger partial charge in [-0.15, -0.1) is 0 Å². The lowest BCUT2D eigenvalue weighted by molar-refractivity contribution is 0.0664. The van der Waals surface area contributed by atoms with Crippen LogP contribution in [-0.4, -0.2) is 37.0 Å². The van der Waals surface area contributed by atoms with Gasteiger partial charge in [0.15, 0.2) is 0 Å². The lowest BCUT2D eigenvalue weighted by Crippen LogP contribution is -2.48. The summed E-state index contributed by atoms with van der Waals surface area (Å²) >= 11 is 0. The fraction of sp³-hybridized carbons (Fsp3) is 0.500. The van der Waals surface area contributed by atoms with Gasteiger partial charge in [0.25, 0.3) is 5.91 Å². The highest BCUT2D eigenvalue weighted by Gasteiger charge is 2.26. The number of hydrogen-bond acceptors (Lipinski definition) is 3. The summed E-state index contributed by atoms with van der Waals surface area (Å²) in [6, 6.07) is 7.45. The lowest BCUT2D eigenvalue weighted by Gasteiger charge is -2.35. The molecule has 0 aromatic heterocycles. The monoisotopic (exact) mass is 248 g/mol. The van der Waals surface area contributed by atoms with Crippen molar-refractivity contribution >= 4 is 5.91 Å². The van der Waals surface area contributed by atoms with Crippen LogP contribution in [-0.2, 0) is 0 Å². The highest BCUT2D eigenvalue weighted by molar-refractivity contribution is 5.94. The average Bonchev–Trinajstić information content (AvgIpc) is 2.41. The number of piperidine rings is 1. The van der Waals surface area contributed by atoms with E-state index in [4.69, 9.17) is 10.5 Å². The molecule has 2 unspecified atom stereocenters. The predicted molar refractivity (Wildman–Crippen MR) is 70.7 cm³/mol. The molecule has 4 nitrogen and oxygen atoms in total. The number of benzene rings is 1. The van der Waals surface area contributed by atoms with Gasteiger partial charge in [-0.3, -0.25) is 4.79 Å². The van der Waals surface area contributed by atoms with Crippen molar-refractivity contribution in [3.63, 3.8) is 0 Å². The Kier molecular flexibility index (Phi) is 3.87. The molecule has 0 radical (unpaired) electrons. The van der Waals surface area contributed by atoms with Gasteiger partial charge in [0.05, 0.1) is 7.11 Å². The minimum atomic E-state index is 0.0800. The number of nitrogens with two attached hydrogens (primary N) is 1. The standard InChI is InChI=1S/C14H20N2O2/c1-10-9-16(8-7-13(10)15)14(17)11-3-5-12(18-2)6-4-11/h3-6,10,13H,7-9,15H2,1-2H3. The van der Waals surface area contributed by atoms with Crippen LogP contribution < -0.4 is 10.5 Å². The smallest absolute Gasteiger partial charge is 0.253 e. The van der Waals surface area contributed by atoms with Gasteiger partial charge >= 0.3 is 0 Å². The number of rotatable bonds is 2. The van der Waals surface area contributed by atoms with Crippen molar-refractivity contribution in [3.8, 4) is 5.75 Å². The number of methoxy groups -OCH3 is 1. The number of amides is 1. The van der Waals surface area contributed by atoms with E-state index in [1.165, 1.54) is 0 Å². The maximum absolute atomic E-state index is 12.3. The van der Waals surface area contributed by atoms with Crippen LogP contribution in [0.4, 0.5) is 0 Å². The van der Waals surface area contributed by atoms with E-state index >= 15 is 0 Å². The van der Waals surface area contributed by atoms with E-state index in [0.717, 1.165) is 25.3 Å². The van der Waals surface area contributed by atoms with Gasteiger partial charge in [0, 0.05) is 24.7 Å². The number of hydrogen-bond donors (Lipinski definition) is 1. The molecule has 98 valence electrons. The molecule has 1 aromatic rings. The molecule has 4 heteroatoms. The molecule has 1 aliphatic rings. The molecule has 1 saturated heterocycles. The van der Waals surface area contributed by atoms with Crippen molar-refractivity contribution < 1.29 is 9.53 Å². The molecule has 0 spiro atoms. The molecule has 2 atom stereocenters. The summed E-state index contributed by atoms with van der Waals surface area (Å²) in [6.45, 7) is 3.58. The molecule has 18 heavy (non-hydrogen) atoms. The second-order valence-corrected chi connectivity index (χ2v) is 4.91. The SMILES string of the molecule is COc1ccc(C(=O)N2CCC(N)C(C)C2)cc1. The van der Waals surface area contributed by atoms with Crippen LogP contribution in [0, 0.1) is 5.92 Å². The van der Waals surface area contributed by atoms with Crippen molar-refractivity contribution in [2.45, 2.75) is 19.4 Å². The zero-order chi connectivity index (χ0) is 13.1. The average molecular weight is 248 g/mol. The van der Waals surface area contributed by atoms with E-state index in [0.29, 0.717) is 11.5 Å². The molecule has 0 aliphatic carbocycles. The zero-order valence-electron chi connectivity index (χ0n) is 10.9. The third kappa shape index (κ3) is 2.64. The van der Waals surface area contributed by atoms with Crippen molar-refractivity contribution in [3.05, 3.63) is 29.8 Å². The molecule has 0 bridgehead atoms. The highest BCUT2D eigenvalue weighted by Crippen LogP contribution is 2.18. The summed E-state index contributed by atoms with van der Waals surface area (Å²) in [5, 5.41) is 0. The molecule has 2 rings (SSSR count). The molecular formula is C14H20N2O2. The first-order valence-electron chi connectivity index (χ1n) is 6.30. The van der Waals surface area contributed by atoms with Crippen molar-refractivity contribution in [2.24, 2.45) is 11.7 Å². The second-order valence-electron chi connectivity index (χ2n) is 4.91. The number of carbonyl (C=O) groups excluding carboxylic acids is 1. The van der Waals surface area contributed by atoms with E-state index in [-0.39, 0.29) is 11.9 Å². The van der Waals surface area contributed by atoms with E-state index in [1.807, 2.05) is 17.0 Å². The summed E-state index contributed by atoms with van der Waals surface area (Å²) in [6.07, 6.45) is 0.878. The Labute approximate surface area is 108 Å². The van der Waals surface area contributed by atoms with Crippen LogP contribution in [0.15, 0.2) is 24.3 Å². The summed E-state index contributed by atoms with van der Waals surface area (Å²) in [5.74, 6) is 1.21. The lowest BCUT2D eigenvalue weighted by atomic mass is 9.94. The van der Waals surface area contributed by atoms with Crippen LogP contribution in [0.3, 0.4) is 0 Å². The van der Waals surface area contributed by atoms with Gasteiger partial charge in [-0.2, -0.15) is 0 Å². The van der Waals surface area contributed by atoms with Gasteiger partial charge in [0.1, 0.15) is 5.75 Å². The topological polar surface area (TPSA) is 55.6 Å². The third-order valence-electron chi connectivity index (χ3n) is 3.60. The van der Waals surface area contributed by atoms with E-state index in [1.54, 1.807) is 19.2 Å². The number of ether oxygens (including phenoxy) is 1. The van der Waals surface area contributed by atoms with E-state index in [9.17, 15) is 4.79 Å². The fourth-order valence-electron chi connectivity index (χ4n) is 2.26. The summed E-state index contributed by atoms with van der Waals surface area (Å²) in [5.41, 5.74) is 6.67. The van der Waals surface area contributed by atoms with E-state index in [2.05, 4.69) is 6.92 Å². The minimum absolute atomic E-state index is 0.0800. The zero-order valence-corrected chi connectivity index (χ0v) is 10.9. The molecule has 2 N–H and O–H groups in total. The van der Waals surface area contributed by atoms with Gasteiger partial charge in [-0.25, -0.2) is 0 Å². The first-order chi connectivity index (χ1) is 8.61. The molecular weight excluding hydrogens is 228 g/mol. The largest absolute Gasteiger partial charge is 0.497 e. The van der Waals surface area contributed by atoms with Gasteiger partial charge in [0.2, 0.25) is 0 Å². The number of carbonyl (C=O) groups is 1. The maximum Gasteiger partial charge on any atom is 0.253 e. The Morgan fingerprint density at radius 3 is 2.61 bits per heavy atom. The van der Waals surface area contributed by atoms with Crippen molar-refractivity contribution in [1.29, 1.82) is 0 Å². The Hall–Kier alpha value is -1.55. The Bertz CT molecular complexity index is 416. The highest BCUT2D eigenvalue weighted by atomic mass is 16.5. The summed E-state index contributed by atoms with van der Waals surface area (Å²) in [4.78, 5) is 14.2. The molecule has 0 saturated carbocycles. The molecule has 1 fully saturated rings. The van der Waals surface area contributed by atoms with Crippen LogP contribution in [0.2, 0.25) is 0 Å². The second kappa shape index (κ2) is 5.40. The van der Waals surface area contributed by atoms with Gasteiger partial charge in [-0.05, 0) is 36.6 Å². The number of likely N-dealkylation sites (tertiary alicyclic amines) is 1. The van der Waals surface area contributed by atoms with Crippen molar-refractivity contribution in [2.75, 3.05) is 20.2 Å². The summed E-state index contributed by atoms with van der Waals surface area (Å²) in [7, 11) is 1.62. The molecule has 1 aromatic carbocycles. The summed E-state index contributed by atoms with van der Waals surface area (Å²) < 4.78 is 5.08. The normalized spacial score (nSPS) is 23.8. The van der Waals surface area contributed by atoms with Crippen molar-refractivity contribution in [1.82, 2.24) is 4.90 Å². The molecule has 1 aliphatic heterocycles. The van der Waals surface area contributed by atoms with Gasteiger partial charge < -0.3 is 15.4 Å². The fourth-order valence-corrected chi connectivity index (χ4v) is 2.26. The Morgan fingerprint density at radius 1 is 1.39 bits per heavy atom. The third-order valence-corrected chi connectivity index (χ3v) is 3.60. The number of nitrogens with zero attached hydrogens (tertiary/aromatic N) is 1. The Morgan fingerprint density at radius 2 is 2.06 bits per heavy atom. The quantitative estimate of drug-likeness (QED) is 0.863. The van der Waals surface area contributed by atoms with Crippen LogP contribution >= 0.6 is 0 Å².